The van der Waals surface area contributed by atoms with E-state index >= 15 is 0 Å². The normalized spacial score (nSPS) is 13.9. The van der Waals surface area contributed by atoms with Gasteiger partial charge in [0.1, 0.15) is 5.82 Å². The zero-order valence-electron chi connectivity index (χ0n) is 14.2. The molecule has 2 N–H and O–H groups in total. The maximum atomic E-state index is 13.6. The molecule has 0 aromatic heterocycles. The fraction of sp³-hybridized carbons (Fsp3) is 0.316. The molecule has 0 unspecified atom stereocenters. The highest BCUT2D eigenvalue weighted by Crippen LogP contribution is 2.32. The molecule has 0 radical (unpaired) electrons. The summed E-state index contributed by atoms with van der Waals surface area (Å²) in [4.78, 5) is 4.20. The molecule has 0 fully saturated rings. The molecule has 2 aromatic rings. The molecule has 132 valence electrons. The number of anilines is 1. The van der Waals surface area contributed by atoms with Gasteiger partial charge in [-0.15, -0.1) is 0 Å². The number of benzene rings is 2. The van der Waals surface area contributed by atoms with Crippen LogP contribution in [-0.4, -0.2) is 32.8 Å². The van der Waals surface area contributed by atoms with Crippen molar-refractivity contribution in [1.29, 1.82) is 0 Å². The summed E-state index contributed by atoms with van der Waals surface area (Å²) < 4.78 is 25.0. The first kappa shape index (κ1) is 17.1. The minimum absolute atomic E-state index is 0.185. The second kappa shape index (κ2) is 8.37. The summed E-state index contributed by atoms with van der Waals surface area (Å²) in [5.41, 5.74) is 1.53. The molecule has 1 heterocycles. The van der Waals surface area contributed by atoms with Gasteiger partial charge in [0.25, 0.3) is 0 Å². The molecule has 0 bridgehead atoms. The Morgan fingerprint density at radius 3 is 2.72 bits per heavy atom. The highest BCUT2D eigenvalue weighted by molar-refractivity contribution is 5.93. The van der Waals surface area contributed by atoms with Crippen LogP contribution in [0.3, 0.4) is 0 Å². The van der Waals surface area contributed by atoms with Gasteiger partial charge in [-0.3, -0.25) is 4.99 Å². The number of halogens is 1. The maximum absolute atomic E-state index is 13.6. The number of nitrogens with zero attached hydrogens (tertiary/aromatic N) is 1. The van der Waals surface area contributed by atoms with Gasteiger partial charge in [-0.2, -0.15) is 0 Å². The number of nitrogens with one attached hydrogen (secondary N) is 2. The van der Waals surface area contributed by atoms with Gasteiger partial charge >= 0.3 is 0 Å². The number of aliphatic imine (C=N–C) groups is 1. The molecular weight excluding hydrogens is 321 g/mol. The molecule has 0 saturated heterocycles. The Morgan fingerprint density at radius 2 is 1.92 bits per heavy atom. The molecule has 0 spiro atoms. The van der Waals surface area contributed by atoms with Gasteiger partial charge in [-0.1, -0.05) is 18.2 Å². The molecule has 0 amide bonds. The van der Waals surface area contributed by atoms with Crippen molar-refractivity contribution in [2.24, 2.45) is 4.99 Å². The third kappa shape index (κ3) is 4.62. The van der Waals surface area contributed by atoms with Crippen LogP contribution >= 0.6 is 0 Å². The van der Waals surface area contributed by atoms with Gasteiger partial charge in [-0.05, 0) is 30.2 Å². The van der Waals surface area contributed by atoms with Gasteiger partial charge in [0.05, 0.1) is 13.2 Å². The lowest BCUT2D eigenvalue weighted by molar-refractivity contribution is 0.297. The molecule has 0 saturated carbocycles. The highest BCUT2D eigenvalue weighted by Gasteiger charge is 2.11. The minimum atomic E-state index is -0.185. The van der Waals surface area contributed by atoms with E-state index in [9.17, 15) is 4.39 Å². The maximum Gasteiger partial charge on any atom is 0.195 e. The number of hydrogen-bond donors (Lipinski definition) is 2. The Bertz CT molecular complexity index is 749. The Labute approximate surface area is 146 Å². The van der Waals surface area contributed by atoms with Gasteiger partial charge < -0.3 is 20.1 Å². The summed E-state index contributed by atoms with van der Waals surface area (Å²) in [6.07, 6.45) is 1.45. The number of guanidine groups is 1. The van der Waals surface area contributed by atoms with Crippen LogP contribution in [0.4, 0.5) is 10.1 Å². The Hall–Kier alpha value is -2.76. The smallest absolute Gasteiger partial charge is 0.195 e. The third-order valence-electron chi connectivity index (χ3n) is 3.88. The van der Waals surface area contributed by atoms with Gasteiger partial charge in [-0.25, -0.2) is 4.39 Å². The topological polar surface area (TPSA) is 54.9 Å². The monoisotopic (exact) mass is 343 g/mol. The van der Waals surface area contributed by atoms with Crippen LogP contribution in [0.2, 0.25) is 0 Å². The van der Waals surface area contributed by atoms with Crippen molar-refractivity contribution >= 4 is 11.6 Å². The van der Waals surface area contributed by atoms with Crippen LogP contribution in [0.25, 0.3) is 0 Å². The first-order valence-corrected chi connectivity index (χ1v) is 8.37. The Morgan fingerprint density at radius 1 is 1.12 bits per heavy atom. The molecule has 25 heavy (non-hydrogen) atoms. The van der Waals surface area contributed by atoms with E-state index in [1.807, 2.05) is 24.3 Å². The van der Waals surface area contributed by atoms with E-state index in [1.54, 1.807) is 19.2 Å². The van der Waals surface area contributed by atoms with Crippen molar-refractivity contribution in [3.05, 3.63) is 53.8 Å². The molecule has 6 heteroatoms. The second-order valence-corrected chi connectivity index (χ2v) is 5.68. The number of ether oxygens (including phenoxy) is 2. The zero-order chi connectivity index (χ0) is 17.5. The Kier molecular flexibility index (Phi) is 5.72. The first-order valence-electron chi connectivity index (χ1n) is 8.37. The summed E-state index contributed by atoms with van der Waals surface area (Å²) >= 11 is 0. The van der Waals surface area contributed by atoms with Crippen molar-refractivity contribution in [2.45, 2.75) is 12.8 Å². The molecule has 1 aliphatic heterocycles. The standard InChI is InChI=1S/C19H22FN3O2/c1-21-19(22-10-9-14-5-2-3-6-16(14)20)23-15-7-8-17-18(13-15)25-12-4-11-24-17/h2-3,5-8,13H,4,9-12H2,1H3,(H2,21,22,23). The van der Waals surface area contributed by atoms with Crippen LogP contribution in [0, 0.1) is 5.82 Å². The van der Waals surface area contributed by atoms with Crippen LogP contribution in [-0.2, 0) is 6.42 Å². The second-order valence-electron chi connectivity index (χ2n) is 5.68. The number of hydrogen-bond acceptors (Lipinski definition) is 3. The lowest BCUT2D eigenvalue weighted by Crippen LogP contribution is -2.32. The molecule has 5 nitrogen and oxygen atoms in total. The van der Waals surface area contributed by atoms with E-state index in [0.717, 1.165) is 23.6 Å². The average molecular weight is 343 g/mol. The van der Waals surface area contributed by atoms with E-state index in [0.29, 0.717) is 37.7 Å². The highest BCUT2D eigenvalue weighted by atomic mass is 19.1. The van der Waals surface area contributed by atoms with Crippen molar-refractivity contribution < 1.29 is 13.9 Å². The first-order chi connectivity index (χ1) is 12.3. The minimum Gasteiger partial charge on any atom is -0.490 e. The summed E-state index contributed by atoms with van der Waals surface area (Å²) in [5, 5.41) is 6.40. The van der Waals surface area contributed by atoms with Gasteiger partial charge in [0, 0.05) is 31.8 Å². The summed E-state index contributed by atoms with van der Waals surface area (Å²) in [6, 6.07) is 12.5. The summed E-state index contributed by atoms with van der Waals surface area (Å²) in [6.45, 7) is 1.89. The van der Waals surface area contributed by atoms with Gasteiger partial charge in [0.15, 0.2) is 17.5 Å². The molecule has 0 atom stereocenters. The predicted octanol–water partition coefficient (Wildman–Crippen LogP) is 3.22. The van der Waals surface area contributed by atoms with Crippen molar-refractivity contribution in [3.63, 3.8) is 0 Å². The van der Waals surface area contributed by atoms with Gasteiger partial charge in [0.2, 0.25) is 0 Å². The molecule has 0 aliphatic carbocycles. The number of fused-ring (bicyclic) bond motifs is 1. The third-order valence-corrected chi connectivity index (χ3v) is 3.88. The summed E-state index contributed by atoms with van der Waals surface area (Å²) in [7, 11) is 1.70. The van der Waals surface area contributed by atoms with Crippen molar-refractivity contribution in [2.75, 3.05) is 32.1 Å². The fourth-order valence-electron chi connectivity index (χ4n) is 2.57. The molecule has 1 aliphatic rings. The van der Waals surface area contributed by atoms with Crippen LogP contribution in [0.15, 0.2) is 47.5 Å². The largest absolute Gasteiger partial charge is 0.490 e. The molecule has 3 rings (SSSR count). The van der Waals surface area contributed by atoms with E-state index in [4.69, 9.17) is 9.47 Å². The van der Waals surface area contributed by atoms with Crippen molar-refractivity contribution in [3.8, 4) is 11.5 Å². The SMILES string of the molecule is CN=C(NCCc1ccccc1F)Nc1ccc2c(c1)OCCCO2. The quantitative estimate of drug-likeness (QED) is 0.661. The molecular formula is C19H22FN3O2. The fourth-order valence-corrected chi connectivity index (χ4v) is 2.57. The lowest BCUT2D eigenvalue weighted by Gasteiger charge is -2.14. The Balaban J connectivity index is 1.57. The van der Waals surface area contributed by atoms with Crippen LogP contribution in [0.1, 0.15) is 12.0 Å². The zero-order valence-corrected chi connectivity index (χ0v) is 14.2. The van der Waals surface area contributed by atoms with Crippen molar-refractivity contribution in [1.82, 2.24) is 5.32 Å². The predicted molar refractivity (Wildman–Crippen MR) is 97.1 cm³/mol. The van der Waals surface area contributed by atoms with E-state index in [-0.39, 0.29) is 5.82 Å². The average Bonchev–Trinajstić information content (AvgIpc) is 2.87. The van der Waals surface area contributed by atoms with E-state index < -0.39 is 0 Å². The van der Waals surface area contributed by atoms with Crippen LogP contribution in [0.5, 0.6) is 11.5 Å². The number of rotatable bonds is 4. The summed E-state index contributed by atoms with van der Waals surface area (Å²) in [5.74, 6) is 1.91. The van der Waals surface area contributed by atoms with E-state index in [2.05, 4.69) is 15.6 Å². The van der Waals surface area contributed by atoms with E-state index in [1.165, 1.54) is 6.07 Å². The lowest BCUT2D eigenvalue weighted by atomic mass is 10.1. The molecule has 2 aromatic carbocycles. The van der Waals surface area contributed by atoms with Crippen LogP contribution < -0.4 is 20.1 Å².